The molecule has 6 heteroatoms. The normalized spacial score (nSPS) is 18.3. The smallest absolute Gasteiger partial charge is 0.229 e. The molecule has 0 saturated heterocycles. The Kier molecular flexibility index (Phi) is 3.79. The van der Waals surface area contributed by atoms with Gasteiger partial charge in [0.1, 0.15) is 5.75 Å². The van der Waals surface area contributed by atoms with E-state index in [0.29, 0.717) is 5.75 Å². The Morgan fingerprint density at radius 3 is 2.89 bits per heavy atom. The summed E-state index contributed by atoms with van der Waals surface area (Å²) in [5.74, 6) is 0.391. The van der Waals surface area contributed by atoms with Gasteiger partial charge in [0.2, 0.25) is 17.8 Å². The first-order valence-electron chi connectivity index (χ1n) is 5.88. The molecule has 1 atom stereocenters. The van der Waals surface area contributed by atoms with Crippen LogP contribution in [-0.2, 0) is 9.59 Å². The van der Waals surface area contributed by atoms with Crippen molar-refractivity contribution in [2.24, 2.45) is 4.99 Å². The molecule has 19 heavy (non-hydrogen) atoms. The van der Waals surface area contributed by atoms with Crippen LogP contribution >= 0.6 is 0 Å². The first kappa shape index (κ1) is 13.1. The minimum atomic E-state index is -0.355. The van der Waals surface area contributed by atoms with Gasteiger partial charge in [-0.15, -0.1) is 0 Å². The quantitative estimate of drug-likeness (QED) is 0.824. The molecule has 0 fully saturated rings. The van der Waals surface area contributed by atoms with E-state index in [0.717, 1.165) is 5.56 Å². The van der Waals surface area contributed by atoms with Crippen LogP contribution in [-0.4, -0.2) is 24.9 Å². The minimum absolute atomic E-state index is 0.180. The number of amides is 2. The van der Waals surface area contributed by atoms with Crippen LogP contribution < -0.4 is 15.4 Å². The van der Waals surface area contributed by atoms with Crippen molar-refractivity contribution in [3.63, 3.8) is 0 Å². The van der Waals surface area contributed by atoms with Crippen molar-refractivity contribution in [2.75, 3.05) is 7.11 Å². The summed E-state index contributed by atoms with van der Waals surface area (Å²) in [6.07, 6.45) is 0.226. The molecule has 2 rings (SSSR count). The summed E-state index contributed by atoms with van der Waals surface area (Å²) in [6.45, 7) is 1.36. The predicted octanol–water partition coefficient (Wildman–Crippen LogP) is 0.748. The highest BCUT2D eigenvalue weighted by molar-refractivity contribution is 6.05. The van der Waals surface area contributed by atoms with Crippen LogP contribution in [0.5, 0.6) is 5.75 Å². The highest BCUT2D eigenvalue weighted by atomic mass is 16.5. The number of aliphatic imine (C=N–C) groups is 1. The maximum Gasteiger partial charge on any atom is 0.229 e. The number of benzene rings is 1. The third kappa shape index (κ3) is 3.09. The number of nitrogens with zero attached hydrogens (tertiary/aromatic N) is 1. The Morgan fingerprint density at radius 2 is 2.21 bits per heavy atom. The average Bonchev–Trinajstić information content (AvgIpc) is 2.37. The van der Waals surface area contributed by atoms with Gasteiger partial charge >= 0.3 is 0 Å². The van der Waals surface area contributed by atoms with Crippen molar-refractivity contribution in [2.45, 2.75) is 19.4 Å². The minimum Gasteiger partial charge on any atom is -0.496 e. The van der Waals surface area contributed by atoms with E-state index >= 15 is 0 Å². The number of nitrogens with one attached hydrogen (secondary N) is 2. The SMILES string of the molecule is COc1ccccc1C1CC(=O)NC(NC(C)=O)=N1. The van der Waals surface area contributed by atoms with Gasteiger partial charge < -0.3 is 4.74 Å². The number of methoxy groups -OCH3 is 1. The highest BCUT2D eigenvalue weighted by Gasteiger charge is 2.24. The molecule has 1 aromatic rings. The zero-order chi connectivity index (χ0) is 13.8. The lowest BCUT2D eigenvalue weighted by Gasteiger charge is -2.22. The van der Waals surface area contributed by atoms with Crippen molar-refractivity contribution in [1.82, 2.24) is 10.6 Å². The Bertz CT molecular complexity index is 540. The van der Waals surface area contributed by atoms with E-state index in [9.17, 15) is 9.59 Å². The van der Waals surface area contributed by atoms with E-state index in [-0.39, 0.29) is 30.2 Å². The molecule has 1 unspecified atom stereocenters. The molecule has 2 N–H and O–H groups in total. The van der Waals surface area contributed by atoms with E-state index in [4.69, 9.17) is 4.74 Å². The van der Waals surface area contributed by atoms with Crippen LogP contribution in [0.3, 0.4) is 0 Å². The summed E-state index contributed by atoms with van der Waals surface area (Å²) in [7, 11) is 1.57. The van der Waals surface area contributed by atoms with Crippen molar-refractivity contribution in [3.8, 4) is 5.75 Å². The lowest BCUT2D eigenvalue weighted by Crippen LogP contribution is -2.46. The van der Waals surface area contributed by atoms with Crippen molar-refractivity contribution in [1.29, 1.82) is 0 Å². The Balaban J connectivity index is 2.32. The molecule has 0 bridgehead atoms. The number of carbonyl (C=O) groups excluding carboxylic acids is 2. The number of guanidine groups is 1. The molecule has 2 amide bonds. The van der Waals surface area contributed by atoms with Crippen LogP contribution in [0.4, 0.5) is 0 Å². The summed E-state index contributed by atoms with van der Waals surface area (Å²) in [5, 5.41) is 5.01. The van der Waals surface area contributed by atoms with Gasteiger partial charge in [-0.1, -0.05) is 18.2 Å². The number of rotatable bonds is 2. The van der Waals surface area contributed by atoms with Gasteiger partial charge in [0.25, 0.3) is 0 Å². The van der Waals surface area contributed by atoms with Crippen LogP contribution in [0.2, 0.25) is 0 Å². The Hall–Kier alpha value is -2.37. The number of hydrogen-bond acceptors (Lipinski definition) is 4. The van der Waals surface area contributed by atoms with E-state index in [1.807, 2.05) is 24.3 Å². The molecule has 0 aliphatic carbocycles. The topological polar surface area (TPSA) is 79.8 Å². The molecule has 100 valence electrons. The van der Waals surface area contributed by atoms with Crippen molar-refractivity contribution < 1.29 is 14.3 Å². The Morgan fingerprint density at radius 1 is 1.47 bits per heavy atom. The van der Waals surface area contributed by atoms with Crippen LogP contribution in [0.15, 0.2) is 29.3 Å². The van der Waals surface area contributed by atoms with E-state index in [1.165, 1.54) is 6.92 Å². The standard InChI is InChI=1S/C13H15N3O3/c1-8(17)14-13-15-10(7-12(18)16-13)9-5-3-4-6-11(9)19-2/h3-6,10H,7H2,1-2H3,(H2,14,15,16,17,18). The largest absolute Gasteiger partial charge is 0.496 e. The van der Waals surface area contributed by atoms with Crippen molar-refractivity contribution >= 4 is 17.8 Å². The molecule has 1 heterocycles. The second kappa shape index (κ2) is 5.51. The first-order valence-corrected chi connectivity index (χ1v) is 5.88. The molecule has 0 aromatic heterocycles. The third-order valence-corrected chi connectivity index (χ3v) is 2.71. The van der Waals surface area contributed by atoms with Gasteiger partial charge in [-0.3, -0.25) is 20.2 Å². The second-order valence-corrected chi connectivity index (χ2v) is 4.17. The van der Waals surface area contributed by atoms with E-state index < -0.39 is 0 Å². The van der Waals surface area contributed by atoms with Gasteiger partial charge in [0.05, 0.1) is 19.6 Å². The van der Waals surface area contributed by atoms with Gasteiger partial charge in [-0.05, 0) is 6.07 Å². The van der Waals surface area contributed by atoms with Crippen LogP contribution in [0.1, 0.15) is 24.9 Å². The molecule has 1 aromatic carbocycles. The van der Waals surface area contributed by atoms with Crippen LogP contribution in [0.25, 0.3) is 0 Å². The maximum atomic E-state index is 11.7. The summed E-state index contributed by atoms with van der Waals surface area (Å²) in [5.41, 5.74) is 0.822. The van der Waals surface area contributed by atoms with E-state index in [2.05, 4.69) is 15.6 Å². The molecule has 0 saturated carbocycles. The molecule has 0 radical (unpaired) electrons. The molecule has 6 nitrogen and oxygen atoms in total. The fourth-order valence-electron chi connectivity index (χ4n) is 1.94. The number of hydrogen-bond donors (Lipinski definition) is 2. The third-order valence-electron chi connectivity index (χ3n) is 2.71. The lowest BCUT2D eigenvalue weighted by atomic mass is 10.0. The average molecular weight is 261 g/mol. The second-order valence-electron chi connectivity index (χ2n) is 4.17. The van der Waals surface area contributed by atoms with Crippen molar-refractivity contribution in [3.05, 3.63) is 29.8 Å². The fourth-order valence-corrected chi connectivity index (χ4v) is 1.94. The number of para-hydroxylation sites is 1. The van der Waals surface area contributed by atoms with Gasteiger partial charge in [-0.25, -0.2) is 4.99 Å². The highest BCUT2D eigenvalue weighted by Crippen LogP contribution is 2.30. The number of ether oxygens (including phenoxy) is 1. The zero-order valence-electron chi connectivity index (χ0n) is 10.8. The lowest BCUT2D eigenvalue weighted by molar-refractivity contribution is -0.120. The van der Waals surface area contributed by atoms with Gasteiger partial charge in [0, 0.05) is 12.5 Å². The zero-order valence-corrected chi connectivity index (χ0v) is 10.8. The summed E-state index contributed by atoms with van der Waals surface area (Å²) >= 11 is 0. The van der Waals surface area contributed by atoms with Crippen LogP contribution in [0, 0.1) is 0 Å². The molecule has 1 aliphatic heterocycles. The maximum absolute atomic E-state index is 11.7. The summed E-state index contributed by atoms with van der Waals surface area (Å²) < 4.78 is 5.26. The Labute approximate surface area is 110 Å². The number of carbonyl (C=O) groups is 2. The molecular weight excluding hydrogens is 246 g/mol. The monoisotopic (exact) mass is 261 g/mol. The molecule has 1 aliphatic rings. The van der Waals surface area contributed by atoms with E-state index in [1.54, 1.807) is 7.11 Å². The summed E-state index contributed by atoms with van der Waals surface area (Å²) in [4.78, 5) is 27.0. The summed E-state index contributed by atoms with van der Waals surface area (Å²) in [6, 6.07) is 7.03. The molecule has 0 spiro atoms. The molecular formula is C13H15N3O3. The van der Waals surface area contributed by atoms with Gasteiger partial charge in [0.15, 0.2) is 0 Å². The fraction of sp³-hybridized carbons (Fsp3) is 0.308. The van der Waals surface area contributed by atoms with Gasteiger partial charge in [-0.2, -0.15) is 0 Å². The first-order chi connectivity index (χ1) is 9.10. The predicted molar refractivity (Wildman–Crippen MR) is 69.7 cm³/mol.